The third-order valence-corrected chi connectivity index (χ3v) is 7.27. The molecule has 0 aliphatic heterocycles. The maximum atomic E-state index is 11.6. The standard InChI is InChI=1S/C6H18O30P6/c7-1(31-37(13,14)15)2(8,32-38(16,17)18)4(10,34-40(22,23)24)6(12,36-42(28,29)30)5(11,35-41(25,26)27)3(1,9)33-39(19,20)21/h7-12H,(H2,13,14,15)(H2,16,17,18)(H2,19,20,21)(H2,22,23,24)(H2,25,26,27)(H2,28,29,30). The van der Waals surface area contributed by atoms with E-state index >= 15 is 0 Å². The Labute approximate surface area is 226 Å². The van der Waals surface area contributed by atoms with Gasteiger partial charge in [-0.25, -0.2) is 54.5 Å². The Bertz CT molecular complexity index is 1050. The lowest BCUT2D eigenvalue weighted by molar-refractivity contribution is -0.616. The number of phosphoric acid groups is 6. The summed E-state index contributed by atoms with van der Waals surface area (Å²) >= 11 is 0. The van der Waals surface area contributed by atoms with Gasteiger partial charge >= 0.3 is 46.9 Å². The van der Waals surface area contributed by atoms with Crippen molar-refractivity contribution in [2.45, 2.75) is 34.7 Å². The second kappa shape index (κ2) is 11.0. The summed E-state index contributed by atoms with van der Waals surface area (Å²) in [6.07, 6.45) is 0. The molecule has 0 amide bonds. The highest BCUT2D eigenvalue weighted by molar-refractivity contribution is 7.47. The van der Waals surface area contributed by atoms with E-state index < -0.39 is 81.7 Å². The third-order valence-electron chi connectivity index (χ3n) is 4.26. The number of hydrogen-bond acceptors (Lipinski definition) is 18. The maximum Gasteiger partial charge on any atom is 0.472 e. The van der Waals surface area contributed by atoms with Gasteiger partial charge in [0, 0.05) is 0 Å². The highest BCUT2D eigenvalue weighted by Gasteiger charge is 2.99. The van der Waals surface area contributed by atoms with Crippen LogP contribution in [0.5, 0.6) is 0 Å². The molecular formula is C6H18O30P6. The summed E-state index contributed by atoms with van der Waals surface area (Å²) in [5.41, 5.74) is 0. The van der Waals surface area contributed by atoms with E-state index in [2.05, 4.69) is 27.1 Å². The molecule has 1 aliphatic rings. The largest absolute Gasteiger partial charge is 0.472 e. The van der Waals surface area contributed by atoms with Crippen LogP contribution in [0.3, 0.4) is 0 Å². The van der Waals surface area contributed by atoms with Gasteiger partial charge in [-0.1, -0.05) is 0 Å². The molecule has 30 nitrogen and oxygen atoms in total. The molecule has 18 N–H and O–H groups in total. The minimum Gasteiger partial charge on any atom is -0.356 e. The van der Waals surface area contributed by atoms with Crippen LogP contribution in [0.1, 0.15) is 0 Å². The van der Waals surface area contributed by atoms with Crippen LogP contribution in [0.15, 0.2) is 0 Å². The Balaban J connectivity index is 4.94. The average molecular weight is 756 g/mol. The van der Waals surface area contributed by atoms with Crippen LogP contribution in [0.2, 0.25) is 0 Å². The molecule has 36 heteroatoms. The lowest BCUT2D eigenvalue weighted by Crippen LogP contribution is -2.97. The lowest BCUT2D eigenvalue weighted by atomic mass is 9.69. The number of rotatable bonds is 12. The van der Waals surface area contributed by atoms with Crippen LogP contribution in [-0.2, 0) is 54.5 Å². The summed E-state index contributed by atoms with van der Waals surface area (Å²) in [5.74, 6) is -38.3. The summed E-state index contributed by atoms with van der Waals surface area (Å²) in [6, 6.07) is 0. The van der Waals surface area contributed by atoms with Gasteiger partial charge in [-0.3, -0.25) is 0 Å². The first-order valence-corrected chi connectivity index (χ1v) is 17.8. The fraction of sp³-hybridized carbons (Fsp3) is 1.00. The predicted molar refractivity (Wildman–Crippen MR) is 108 cm³/mol. The average Bonchev–Trinajstić information content (AvgIpc) is 2.57. The van der Waals surface area contributed by atoms with E-state index in [9.17, 15) is 58.0 Å². The normalized spacial score (nSPS) is 37.6. The van der Waals surface area contributed by atoms with Crippen LogP contribution in [0.4, 0.5) is 0 Å². The molecular weight excluding hydrogens is 738 g/mol. The molecule has 1 saturated carbocycles. The predicted octanol–water partition coefficient (Wildman–Crippen LogP) is -7.21. The molecule has 0 radical (unpaired) electrons. The Kier molecular flexibility index (Phi) is 10.6. The minimum atomic E-state index is -7.12. The summed E-state index contributed by atoms with van der Waals surface area (Å²) in [7, 11) is -42.7. The van der Waals surface area contributed by atoms with Crippen LogP contribution in [0, 0.1) is 0 Å². The van der Waals surface area contributed by atoms with E-state index in [-0.39, 0.29) is 0 Å². The molecule has 0 aromatic carbocycles. The van der Waals surface area contributed by atoms with Crippen LogP contribution in [-0.4, -0.2) is 124 Å². The molecule has 1 fully saturated rings. The van der Waals surface area contributed by atoms with E-state index in [1.807, 2.05) is 0 Å². The number of aliphatic hydroxyl groups is 6. The van der Waals surface area contributed by atoms with Gasteiger partial charge in [-0.15, -0.1) is 0 Å². The van der Waals surface area contributed by atoms with Crippen molar-refractivity contribution in [3.05, 3.63) is 0 Å². The van der Waals surface area contributed by atoms with Crippen LogP contribution < -0.4 is 0 Å². The van der Waals surface area contributed by atoms with Crippen molar-refractivity contribution in [3.63, 3.8) is 0 Å². The van der Waals surface area contributed by atoms with E-state index in [4.69, 9.17) is 58.7 Å². The quantitative estimate of drug-likeness (QED) is 0.0649. The van der Waals surface area contributed by atoms with Gasteiger partial charge in [0.2, 0.25) is 0 Å². The second-order valence-electron chi connectivity index (χ2n) is 7.36. The third kappa shape index (κ3) is 7.68. The molecule has 42 heavy (non-hydrogen) atoms. The molecule has 1 aliphatic carbocycles. The molecule has 252 valence electrons. The first kappa shape index (κ1) is 40.4. The zero-order valence-corrected chi connectivity index (χ0v) is 24.0. The number of hydrogen-bond donors (Lipinski definition) is 18. The number of phosphoric ester groups is 6. The van der Waals surface area contributed by atoms with E-state index in [0.29, 0.717) is 0 Å². The first-order valence-electron chi connectivity index (χ1n) is 8.66. The van der Waals surface area contributed by atoms with Crippen molar-refractivity contribution in [3.8, 4) is 0 Å². The van der Waals surface area contributed by atoms with Crippen molar-refractivity contribution in [2.75, 3.05) is 0 Å². The fourth-order valence-electron chi connectivity index (χ4n) is 3.15. The lowest BCUT2D eigenvalue weighted by Gasteiger charge is -2.65. The zero-order valence-electron chi connectivity index (χ0n) is 18.6. The van der Waals surface area contributed by atoms with Gasteiger partial charge < -0.3 is 89.4 Å². The van der Waals surface area contributed by atoms with Crippen molar-refractivity contribution in [1.29, 1.82) is 0 Å². The van der Waals surface area contributed by atoms with E-state index in [1.165, 1.54) is 0 Å². The summed E-state index contributed by atoms with van der Waals surface area (Å²) in [6.45, 7) is 0. The van der Waals surface area contributed by atoms with Crippen LogP contribution >= 0.6 is 46.9 Å². The van der Waals surface area contributed by atoms with Gasteiger partial charge in [0.15, 0.2) is 0 Å². The van der Waals surface area contributed by atoms with Crippen LogP contribution in [0.25, 0.3) is 0 Å². The summed E-state index contributed by atoms with van der Waals surface area (Å²) in [5, 5.41) is 65.2. The Morgan fingerprint density at radius 2 is 0.333 bits per heavy atom. The minimum absolute atomic E-state index is 3.27. The fourth-order valence-corrected chi connectivity index (χ4v) is 6.70. The highest BCUT2D eigenvalue weighted by Crippen LogP contribution is 2.72. The first-order chi connectivity index (χ1) is 17.7. The molecule has 0 aromatic rings. The molecule has 0 bridgehead atoms. The summed E-state index contributed by atoms with van der Waals surface area (Å²) < 4.78 is 89.3. The summed E-state index contributed by atoms with van der Waals surface area (Å²) in [4.78, 5) is 110. The van der Waals surface area contributed by atoms with Crippen molar-refractivity contribution in [1.82, 2.24) is 0 Å². The van der Waals surface area contributed by atoms with Crippen molar-refractivity contribution >= 4 is 46.9 Å². The SMILES string of the molecule is O=P(O)(O)OC1(O)C(O)(OP(=O)(O)O)C(O)(OP(=O)(O)O)C(O)(OP(=O)(O)O)C(O)(OP(=O)(O)O)C1(O)OP(=O)(O)O. The second-order valence-corrected chi connectivity index (χ2v) is 14.3. The maximum absolute atomic E-state index is 11.6. The van der Waals surface area contributed by atoms with Gasteiger partial charge in [0.05, 0.1) is 0 Å². The molecule has 0 atom stereocenters. The molecule has 0 spiro atoms. The zero-order chi connectivity index (χ0) is 34.2. The Hall–Kier alpha value is 0.420. The van der Waals surface area contributed by atoms with Gasteiger partial charge in [0.25, 0.3) is 34.7 Å². The topological polar surface area (TPSA) is 522 Å². The Morgan fingerprint density at radius 3 is 0.381 bits per heavy atom. The van der Waals surface area contributed by atoms with Crippen molar-refractivity contribution in [2.24, 2.45) is 0 Å². The molecule has 0 unspecified atom stereocenters. The van der Waals surface area contributed by atoms with Gasteiger partial charge in [-0.2, -0.15) is 0 Å². The van der Waals surface area contributed by atoms with Crippen molar-refractivity contribution < 1.29 is 144 Å². The molecule has 0 heterocycles. The molecule has 0 aromatic heterocycles. The van der Waals surface area contributed by atoms with Gasteiger partial charge in [0.1, 0.15) is 0 Å². The van der Waals surface area contributed by atoms with Gasteiger partial charge in [-0.05, 0) is 0 Å². The van der Waals surface area contributed by atoms with E-state index in [0.717, 1.165) is 0 Å². The smallest absolute Gasteiger partial charge is 0.356 e. The molecule has 0 saturated heterocycles. The van der Waals surface area contributed by atoms with E-state index in [1.54, 1.807) is 0 Å². The molecule has 1 rings (SSSR count). The Morgan fingerprint density at radius 1 is 0.262 bits per heavy atom. The highest BCUT2D eigenvalue weighted by atomic mass is 31.2. The monoisotopic (exact) mass is 756 g/mol.